The van der Waals surface area contributed by atoms with Crippen LogP contribution in [0.2, 0.25) is 0 Å². The molecule has 4 aromatic rings. The number of halogens is 1. The maximum absolute atomic E-state index is 13.1. The molecule has 0 N–H and O–H groups in total. The molecule has 34 heavy (non-hydrogen) atoms. The van der Waals surface area contributed by atoms with Crippen LogP contribution in [0.4, 0.5) is 4.39 Å². The van der Waals surface area contributed by atoms with Gasteiger partial charge in [-0.25, -0.2) is 9.37 Å². The molecule has 0 aliphatic carbocycles. The van der Waals surface area contributed by atoms with Crippen molar-refractivity contribution in [3.05, 3.63) is 119 Å². The van der Waals surface area contributed by atoms with Crippen molar-refractivity contribution in [1.82, 2.24) is 14.9 Å². The Hall–Kier alpha value is -3.80. The average molecular weight is 456 g/mol. The maximum Gasteiger partial charge on any atom is 0.255 e. The van der Waals surface area contributed by atoms with E-state index in [1.165, 1.54) is 17.7 Å². The number of piperidine rings is 1. The first-order valence-corrected chi connectivity index (χ1v) is 11.6. The summed E-state index contributed by atoms with van der Waals surface area (Å²) in [4.78, 5) is 24.0. The molecule has 2 aromatic carbocycles. The molecular formula is C28H26FN3O2. The van der Waals surface area contributed by atoms with Crippen molar-refractivity contribution in [1.29, 1.82) is 0 Å². The number of likely N-dealkylation sites (tertiary alicyclic amines) is 1. The zero-order chi connectivity index (χ0) is 23.3. The fourth-order valence-electron chi connectivity index (χ4n) is 4.40. The lowest BCUT2D eigenvalue weighted by molar-refractivity contribution is 0.0697. The second-order valence-electron chi connectivity index (χ2n) is 8.76. The maximum atomic E-state index is 13.1. The van der Waals surface area contributed by atoms with E-state index in [4.69, 9.17) is 4.42 Å². The monoisotopic (exact) mass is 455 g/mol. The Morgan fingerprint density at radius 2 is 1.74 bits per heavy atom. The Morgan fingerprint density at radius 3 is 2.50 bits per heavy atom. The minimum absolute atomic E-state index is 0.0125. The van der Waals surface area contributed by atoms with Gasteiger partial charge in [0, 0.05) is 37.8 Å². The van der Waals surface area contributed by atoms with Crippen LogP contribution in [-0.2, 0) is 12.8 Å². The van der Waals surface area contributed by atoms with Gasteiger partial charge in [0.05, 0.1) is 17.7 Å². The minimum Gasteiger partial charge on any atom is -0.445 e. The van der Waals surface area contributed by atoms with Gasteiger partial charge in [0.2, 0.25) is 0 Å². The largest absolute Gasteiger partial charge is 0.445 e. The summed E-state index contributed by atoms with van der Waals surface area (Å²) in [5, 5.41) is 0. The van der Waals surface area contributed by atoms with E-state index >= 15 is 0 Å². The zero-order valence-electron chi connectivity index (χ0n) is 18.9. The number of hydrogen-bond donors (Lipinski definition) is 0. The van der Waals surface area contributed by atoms with Crippen LogP contribution < -0.4 is 0 Å². The normalized spacial score (nSPS) is 15.9. The van der Waals surface area contributed by atoms with E-state index in [1.54, 1.807) is 24.5 Å². The topological polar surface area (TPSA) is 59.2 Å². The predicted molar refractivity (Wildman–Crippen MR) is 127 cm³/mol. The standard InChI is InChI=1S/C28H26FN3O2/c29-24-11-8-21(9-12-24)16-26-18-31-27(34-26)23-7-4-14-32(19-23)28(33)22-10-13-25(30-17-22)15-20-5-2-1-3-6-20/h1-3,5-6,8-13,17-18,23H,4,7,14-16,19H2/t23-/m0/s1. The number of rotatable bonds is 6. The van der Waals surface area contributed by atoms with Crippen LogP contribution in [0.25, 0.3) is 0 Å². The lowest BCUT2D eigenvalue weighted by Crippen LogP contribution is -2.39. The van der Waals surface area contributed by atoms with Crippen LogP contribution >= 0.6 is 0 Å². The highest BCUT2D eigenvalue weighted by molar-refractivity contribution is 5.94. The van der Waals surface area contributed by atoms with Gasteiger partial charge in [-0.15, -0.1) is 0 Å². The molecule has 5 rings (SSSR count). The Balaban J connectivity index is 1.21. The van der Waals surface area contributed by atoms with Crippen LogP contribution in [-0.4, -0.2) is 33.9 Å². The smallest absolute Gasteiger partial charge is 0.255 e. The summed E-state index contributed by atoms with van der Waals surface area (Å²) in [6.07, 6.45) is 6.53. The van der Waals surface area contributed by atoms with E-state index < -0.39 is 0 Å². The number of carbonyl (C=O) groups excluding carboxylic acids is 1. The molecule has 3 heterocycles. The van der Waals surface area contributed by atoms with Crippen molar-refractivity contribution in [3.63, 3.8) is 0 Å². The number of pyridine rings is 1. The number of carbonyl (C=O) groups is 1. The van der Waals surface area contributed by atoms with E-state index in [2.05, 4.69) is 22.1 Å². The average Bonchev–Trinajstić information content (AvgIpc) is 3.35. The highest BCUT2D eigenvalue weighted by atomic mass is 19.1. The van der Waals surface area contributed by atoms with E-state index in [0.29, 0.717) is 31.0 Å². The summed E-state index contributed by atoms with van der Waals surface area (Å²) in [6, 6.07) is 20.3. The second kappa shape index (κ2) is 10.00. The molecule has 172 valence electrons. The fraction of sp³-hybridized carbons (Fsp3) is 0.250. The van der Waals surface area contributed by atoms with Crippen LogP contribution in [0.3, 0.4) is 0 Å². The lowest BCUT2D eigenvalue weighted by Gasteiger charge is -2.31. The van der Waals surface area contributed by atoms with Gasteiger partial charge in [0.15, 0.2) is 5.89 Å². The van der Waals surface area contributed by atoms with Crippen molar-refractivity contribution in [2.24, 2.45) is 0 Å². The first-order valence-electron chi connectivity index (χ1n) is 11.6. The molecule has 6 heteroatoms. The molecule has 2 aromatic heterocycles. The number of aromatic nitrogens is 2. The summed E-state index contributed by atoms with van der Waals surface area (Å²) in [5.41, 5.74) is 3.69. The van der Waals surface area contributed by atoms with Crippen LogP contribution in [0.15, 0.2) is 83.5 Å². The number of nitrogens with zero attached hydrogens (tertiary/aromatic N) is 3. The zero-order valence-corrected chi connectivity index (χ0v) is 18.9. The molecule has 0 unspecified atom stereocenters. The van der Waals surface area contributed by atoms with Gasteiger partial charge in [0.1, 0.15) is 11.6 Å². The third-order valence-corrected chi connectivity index (χ3v) is 6.22. The molecule has 1 atom stereocenters. The van der Waals surface area contributed by atoms with Gasteiger partial charge in [-0.2, -0.15) is 0 Å². The van der Waals surface area contributed by atoms with Gasteiger partial charge in [-0.1, -0.05) is 42.5 Å². The summed E-state index contributed by atoms with van der Waals surface area (Å²) in [7, 11) is 0. The highest BCUT2D eigenvalue weighted by Gasteiger charge is 2.28. The summed E-state index contributed by atoms with van der Waals surface area (Å²) >= 11 is 0. The molecule has 1 aliphatic rings. The molecule has 0 saturated carbocycles. The molecule has 1 fully saturated rings. The van der Waals surface area contributed by atoms with E-state index in [-0.39, 0.29) is 17.6 Å². The van der Waals surface area contributed by atoms with Crippen molar-refractivity contribution in [2.75, 3.05) is 13.1 Å². The molecule has 1 saturated heterocycles. The third kappa shape index (κ3) is 5.22. The molecule has 1 aliphatic heterocycles. The lowest BCUT2D eigenvalue weighted by atomic mass is 9.97. The van der Waals surface area contributed by atoms with Gasteiger partial charge in [0.25, 0.3) is 5.91 Å². The Labute approximate surface area is 198 Å². The van der Waals surface area contributed by atoms with Gasteiger partial charge >= 0.3 is 0 Å². The Morgan fingerprint density at radius 1 is 0.941 bits per heavy atom. The quantitative estimate of drug-likeness (QED) is 0.390. The summed E-state index contributed by atoms with van der Waals surface area (Å²) in [6.45, 7) is 1.28. The molecule has 0 radical (unpaired) electrons. The molecule has 0 bridgehead atoms. The first-order chi connectivity index (χ1) is 16.6. The van der Waals surface area contributed by atoms with Crippen LogP contribution in [0.5, 0.6) is 0 Å². The molecule has 5 nitrogen and oxygen atoms in total. The van der Waals surface area contributed by atoms with E-state index in [9.17, 15) is 9.18 Å². The number of amides is 1. The summed E-state index contributed by atoms with van der Waals surface area (Å²) in [5.74, 6) is 1.19. The third-order valence-electron chi connectivity index (χ3n) is 6.22. The fourth-order valence-corrected chi connectivity index (χ4v) is 4.40. The van der Waals surface area contributed by atoms with Crippen LogP contribution in [0.1, 0.15) is 57.6 Å². The van der Waals surface area contributed by atoms with Crippen molar-refractivity contribution < 1.29 is 13.6 Å². The number of oxazole rings is 1. The van der Waals surface area contributed by atoms with Gasteiger partial charge < -0.3 is 9.32 Å². The minimum atomic E-state index is -0.255. The molecule has 1 amide bonds. The van der Waals surface area contributed by atoms with E-state index in [1.807, 2.05) is 35.2 Å². The second-order valence-corrected chi connectivity index (χ2v) is 8.76. The molecule has 0 spiro atoms. The Bertz CT molecular complexity index is 1240. The van der Waals surface area contributed by atoms with E-state index in [0.717, 1.165) is 36.3 Å². The van der Waals surface area contributed by atoms with Crippen molar-refractivity contribution >= 4 is 5.91 Å². The van der Waals surface area contributed by atoms with Crippen LogP contribution in [0, 0.1) is 5.82 Å². The highest BCUT2D eigenvalue weighted by Crippen LogP contribution is 2.28. The first kappa shape index (κ1) is 22.0. The number of hydrogen-bond acceptors (Lipinski definition) is 4. The van der Waals surface area contributed by atoms with Crippen molar-refractivity contribution in [3.8, 4) is 0 Å². The number of benzene rings is 2. The van der Waals surface area contributed by atoms with Gasteiger partial charge in [-0.3, -0.25) is 9.78 Å². The van der Waals surface area contributed by atoms with Gasteiger partial charge in [-0.05, 0) is 48.2 Å². The summed E-state index contributed by atoms with van der Waals surface area (Å²) < 4.78 is 19.1. The Kier molecular flexibility index (Phi) is 6.47. The van der Waals surface area contributed by atoms with Crippen molar-refractivity contribution in [2.45, 2.75) is 31.6 Å². The predicted octanol–water partition coefficient (Wildman–Crippen LogP) is 5.41. The molecular weight excluding hydrogens is 429 g/mol. The SMILES string of the molecule is O=C(c1ccc(Cc2ccccc2)nc1)N1CCC[C@H](c2ncc(Cc3ccc(F)cc3)o2)C1.